The highest BCUT2D eigenvalue weighted by atomic mass is 16.5. The van der Waals surface area contributed by atoms with Crippen molar-refractivity contribution in [3.63, 3.8) is 0 Å². The summed E-state index contributed by atoms with van der Waals surface area (Å²) in [5.74, 6) is 2.32. The lowest BCUT2D eigenvalue weighted by atomic mass is 10.1. The Hall–Kier alpha value is -2.89. The van der Waals surface area contributed by atoms with E-state index in [9.17, 15) is 4.79 Å². The van der Waals surface area contributed by atoms with Gasteiger partial charge >= 0.3 is 0 Å². The third-order valence-corrected chi connectivity index (χ3v) is 3.84. The number of hydrogen-bond acceptors (Lipinski definition) is 5. The van der Waals surface area contributed by atoms with E-state index in [0.717, 1.165) is 11.1 Å². The number of ether oxygens (including phenoxy) is 4. The number of rotatable bonds is 7. The summed E-state index contributed by atoms with van der Waals surface area (Å²) in [5.41, 5.74) is 2.30. The normalized spacial score (nSPS) is 10.1. The first kappa shape index (κ1) is 18.4. The molecule has 0 aromatic heterocycles. The van der Waals surface area contributed by atoms with Crippen molar-refractivity contribution >= 4 is 11.6 Å². The molecule has 0 unspecified atom stereocenters. The lowest BCUT2D eigenvalue weighted by Gasteiger charge is -2.14. The number of benzene rings is 2. The van der Waals surface area contributed by atoms with Gasteiger partial charge in [0, 0.05) is 17.3 Å². The number of hydrogen-bond donors (Lipinski definition) is 1. The van der Waals surface area contributed by atoms with E-state index in [4.69, 9.17) is 18.9 Å². The summed E-state index contributed by atoms with van der Waals surface area (Å²) in [6, 6.07) is 8.93. The molecule has 0 aliphatic carbocycles. The number of carbonyl (C=O) groups is 1. The molecule has 6 nitrogen and oxygen atoms in total. The second kappa shape index (κ2) is 8.28. The zero-order valence-electron chi connectivity index (χ0n) is 15.1. The van der Waals surface area contributed by atoms with Crippen LogP contribution in [0.3, 0.4) is 0 Å². The Balaban J connectivity index is 2.21. The third kappa shape index (κ3) is 4.35. The van der Waals surface area contributed by atoms with Crippen LogP contribution >= 0.6 is 0 Å². The first-order valence-corrected chi connectivity index (χ1v) is 7.75. The SMILES string of the molecule is COc1ccc(OC)c(CC(=O)Nc2cc(OC)c(OC)cc2C)c1. The Morgan fingerprint density at radius 1 is 0.880 bits per heavy atom. The molecule has 134 valence electrons. The second-order valence-electron chi connectivity index (χ2n) is 5.42. The molecule has 2 aromatic rings. The van der Waals surface area contributed by atoms with Gasteiger partial charge in [-0.2, -0.15) is 0 Å². The topological polar surface area (TPSA) is 66.0 Å². The van der Waals surface area contributed by atoms with Gasteiger partial charge in [0.25, 0.3) is 0 Å². The lowest BCUT2D eigenvalue weighted by Crippen LogP contribution is -2.16. The van der Waals surface area contributed by atoms with Crippen LogP contribution in [0.25, 0.3) is 0 Å². The van der Waals surface area contributed by atoms with Crippen LogP contribution in [0.5, 0.6) is 23.0 Å². The lowest BCUT2D eigenvalue weighted by molar-refractivity contribution is -0.115. The Morgan fingerprint density at radius 2 is 1.52 bits per heavy atom. The number of anilines is 1. The van der Waals surface area contributed by atoms with Crippen LogP contribution in [-0.2, 0) is 11.2 Å². The first-order valence-electron chi connectivity index (χ1n) is 7.75. The molecular weight excluding hydrogens is 322 g/mol. The average Bonchev–Trinajstić information content (AvgIpc) is 2.62. The fourth-order valence-corrected chi connectivity index (χ4v) is 2.50. The summed E-state index contributed by atoms with van der Waals surface area (Å²) in [6.45, 7) is 1.89. The Bertz CT molecular complexity index is 758. The molecular formula is C19H23NO5. The van der Waals surface area contributed by atoms with Gasteiger partial charge in [-0.3, -0.25) is 4.79 Å². The second-order valence-corrected chi connectivity index (χ2v) is 5.42. The smallest absolute Gasteiger partial charge is 0.228 e. The van der Waals surface area contributed by atoms with Crippen molar-refractivity contribution in [3.05, 3.63) is 41.5 Å². The molecule has 0 heterocycles. The van der Waals surface area contributed by atoms with E-state index in [2.05, 4.69) is 5.32 Å². The minimum atomic E-state index is -0.165. The monoisotopic (exact) mass is 345 g/mol. The Morgan fingerprint density at radius 3 is 2.12 bits per heavy atom. The maximum absolute atomic E-state index is 12.5. The molecule has 0 atom stereocenters. The molecule has 0 saturated heterocycles. The fraction of sp³-hybridized carbons (Fsp3) is 0.316. The minimum Gasteiger partial charge on any atom is -0.497 e. The van der Waals surface area contributed by atoms with Crippen molar-refractivity contribution in [2.75, 3.05) is 33.8 Å². The van der Waals surface area contributed by atoms with E-state index in [1.807, 2.05) is 13.0 Å². The predicted octanol–water partition coefficient (Wildman–Crippen LogP) is 3.21. The van der Waals surface area contributed by atoms with Crippen LogP contribution in [0.4, 0.5) is 5.69 Å². The third-order valence-electron chi connectivity index (χ3n) is 3.84. The van der Waals surface area contributed by atoms with Crippen molar-refractivity contribution in [3.8, 4) is 23.0 Å². The molecule has 0 bridgehead atoms. The maximum Gasteiger partial charge on any atom is 0.228 e. The van der Waals surface area contributed by atoms with E-state index in [-0.39, 0.29) is 12.3 Å². The highest BCUT2D eigenvalue weighted by Gasteiger charge is 2.14. The quantitative estimate of drug-likeness (QED) is 0.835. The van der Waals surface area contributed by atoms with Gasteiger partial charge in [-0.1, -0.05) is 0 Å². The molecule has 1 amide bonds. The molecule has 0 fully saturated rings. The van der Waals surface area contributed by atoms with E-state index < -0.39 is 0 Å². The van der Waals surface area contributed by atoms with E-state index in [0.29, 0.717) is 28.7 Å². The summed E-state index contributed by atoms with van der Waals surface area (Å²) in [7, 11) is 6.28. The van der Waals surface area contributed by atoms with Gasteiger partial charge in [-0.15, -0.1) is 0 Å². The van der Waals surface area contributed by atoms with Crippen molar-refractivity contribution < 1.29 is 23.7 Å². The van der Waals surface area contributed by atoms with Gasteiger partial charge < -0.3 is 24.3 Å². The van der Waals surface area contributed by atoms with Crippen molar-refractivity contribution in [2.45, 2.75) is 13.3 Å². The molecule has 0 spiro atoms. The molecule has 2 aromatic carbocycles. The standard InChI is InChI=1S/C19H23NO5/c1-12-8-17(24-4)18(25-5)11-15(12)20-19(21)10-13-9-14(22-2)6-7-16(13)23-3/h6-9,11H,10H2,1-5H3,(H,20,21). The van der Waals surface area contributed by atoms with Gasteiger partial charge in [0.05, 0.1) is 34.9 Å². The van der Waals surface area contributed by atoms with Crippen LogP contribution in [-0.4, -0.2) is 34.3 Å². The van der Waals surface area contributed by atoms with E-state index >= 15 is 0 Å². The molecule has 0 aliphatic heterocycles. The highest BCUT2D eigenvalue weighted by molar-refractivity contribution is 5.93. The molecule has 0 radical (unpaired) electrons. The first-order chi connectivity index (χ1) is 12.0. The van der Waals surface area contributed by atoms with Gasteiger partial charge in [0.1, 0.15) is 11.5 Å². The average molecular weight is 345 g/mol. The predicted molar refractivity (Wildman–Crippen MR) is 96.2 cm³/mol. The molecule has 1 N–H and O–H groups in total. The van der Waals surface area contributed by atoms with E-state index in [1.165, 1.54) is 0 Å². The highest BCUT2D eigenvalue weighted by Crippen LogP contribution is 2.33. The molecule has 0 saturated carbocycles. The van der Waals surface area contributed by atoms with Crippen LogP contribution in [0, 0.1) is 6.92 Å². The largest absolute Gasteiger partial charge is 0.497 e. The van der Waals surface area contributed by atoms with Crippen LogP contribution in [0.2, 0.25) is 0 Å². The summed E-state index contributed by atoms with van der Waals surface area (Å²) < 4.78 is 21.1. The zero-order chi connectivity index (χ0) is 18.4. The Labute approximate surface area is 147 Å². The van der Waals surface area contributed by atoms with Crippen LogP contribution < -0.4 is 24.3 Å². The molecule has 2 rings (SSSR count). The number of methoxy groups -OCH3 is 4. The van der Waals surface area contributed by atoms with Gasteiger partial charge in [0.15, 0.2) is 11.5 Å². The van der Waals surface area contributed by atoms with Crippen LogP contribution in [0.15, 0.2) is 30.3 Å². The molecule has 6 heteroatoms. The van der Waals surface area contributed by atoms with Gasteiger partial charge in [-0.25, -0.2) is 0 Å². The maximum atomic E-state index is 12.5. The fourth-order valence-electron chi connectivity index (χ4n) is 2.50. The summed E-state index contributed by atoms with van der Waals surface area (Å²) in [6.07, 6.45) is 0.161. The number of carbonyl (C=O) groups excluding carboxylic acids is 1. The van der Waals surface area contributed by atoms with Crippen molar-refractivity contribution in [2.24, 2.45) is 0 Å². The summed E-state index contributed by atoms with van der Waals surface area (Å²) in [4.78, 5) is 12.5. The minimum absolute atomic E-state index is 0.161. The summed E-state index contributed by atoms with van der Waals surface area (Å²) in [5, 5.41) is 2.90. The van der Waals surface area contributed by atoms with E-state index in [1.54, 1.807) is 52.7 Å². The molecule has 0 aliphatic rings. The molecule has 25 heavy (non-hydrogen) atoms. The zero-order valence-corrected chi connectivity index (χ0v) is 15.1. The summed E-state index contributed by atoms with van der Waals surface area (Å²) >= 11 is 0. The number of nitrogens with one attached hydrogen (secondary N) is 1. The van der Waals surface area contributed by atoms with Gasteiger partial charge in [0.2, 0.25) is 5.91 Å². The number of aryl methyl sites for hydroxylation is 1. The van der Waals surface area contributed by atoms with Gasteiger partial charge in [-0.05, 0) is 36.8 Å². The number of amides is 1. The van der Waals surface area contributed by atoms with Crippen LogP contribution in [0.1, 0.15) is 11.1 Å². The van der Waals surface area contributed by atoms with Crippen molar-refractivity contribution in [1.82, 2.24) is 0 Å². The Kier molecular flexibility index (Phi) is 6.11. The van der Waals surface area contributed by atoms with Crippen molar-refractivity contribution in [1.29, 1.82) is 0 Å².